The first-order valence-corrected chi connectivity index (χ1v) is 7.23. The zero-order chi connectivity index (χ0) is 13.8. The van der Waals surface area contributed by atoms with Crippen molar-refractivity contribution in [3.8, 4) is 11.1 Å². The Bertz CT molecular complexity index is 742. The summed E-state index contributed by atoms with van der Waals surface area (Å²) in [6, 6.07) is 23.3. The molecule has 0 saturated heterocycles. The molecule has 0 nitrogen and oxygen atoms in total. The minimum atomic E-state index is 0.536. The molecule has 0 atom stereocenters. The smallest absolute Gasteiger partial charge is 0.0407 e. The molecule has 3 rings (SSSR count). The first kappa shape index (κ1) is 13.0. The average molecular weight is 279 g/mol. The number of hydrogen-bond donors (Lipinski definition) is 0. The van der Waals surface area contributed by atoms with Crippen LogP contribution in [0.3, 0.4) is 0 Å². The molecule has 1 heteroatoms. The van der Waals surface area contributed by atoms with E-state index in [4.69, 9.17) is 11.6 Å². The maximum absolute atomic E-state index is 5.74. The molecule has 0 spiro atoms. The maximum Gasteiger partial charge on any atom is 0.0407 e. The van der Waals surface area contributed by atoms with Crippen LogP contribution in [0.2, 0.25) is 0 Å². The topological polar surface area (TPSA) is 0 Å². The van der Waals surface area contributed by atoms with Crippen LogP contribution in [-0.4, -0.2) is 5.88 Å². The van der Waals surface area contributed by atoms with Crippen molar-refractivity contribution in [1.29, 1.82) is 0 Å². The fourth-order valence-corrected chi connectivity index (χ4v) is 2.60. The summed E-state index contributed by atoms with van der Waals surface area (Å²) in [5, 5.41) is 2.53. The SMILES string of the molecule is ClC/C=C/c1ccc(-c2ccccc2)c2ccccc12. The summed E-state index contributed by atoms with van der Waals surface area (Å²) in [5.74, 6) is 0.536. The lowest BCUT2D eigenvalue weighted by Crippen LogP contribution is -1.84. The van der Waals surface area contributed by atoms with E-state index in [9.17, 15) is 0 Å². The summed E-state index contributed by atoms with van der Waals surface area (Å²) in [5.41, 5.74) is 3.72. The normalized spacial score (nSPS) is 11.2. The van der Waals surface area contributed by atoms with E-state index in [1.165, 1.54) is 27.5 Å². The Kier molecular flexibility index (Phi) is 3.85. The van der Waals surface area contributed by atoms with E-state index in [1.54, 1.807) is 0 Å². The van der Waals surface area contributed by atoms with Gasteiger partial charge in [0.15, 0.2) is 0 Å². The summed E-state index contributed by atoms with van der Waals surface area (Å²) in [6.45, 7) is 0. The lowest BCUT2D eigenvalue weighted by molar-refractivity contribution is 1.63. The second-order valence-electron chi connectivity index (χ2n) is 4.67. The van der Waals surface area contributed by atoms with Crippen molar-refractivity contribution < 1.29 is 0 Å². The lowest BCUT2D eigenvalue weighted by atomic mass is 9.95. The van der Waals surface area contributed by atoms with Gasteiger partial charge in [-0.15, -0.1) is 11.6 Å². The third-order valence-corrected chi connectivity index (χ3v) is 3.61. The minimum absolute atomic E-state index is 0.536. The minimum Gasteiger partial charge on any atom is -0.122 e. The van der Waals surface area contributed by atoms with Gasteiger partial charge in [0.05, 0.1) is 0 Å². The molecule has 0 bridgehead atoms. The molecule has 0 aromatic heterocycles. The van der Waals surface area contributed by atoms with Gasteiger partial charge in [-0.25, -0.2) is 0 Å². The molecule has 20 heavy (non-hydrogen) atoms. The Morgan fingerprint density at radius 2 is 1.45 bits per heavy atom. The molecule has 0 aliphatic rings. The molecule has 0 unspecified atom stereocenters. The maximum atomic E-state index is 5.74. The predicted molar refractivity (Wildman–Crippen MR) is 89.1 cm³/mol. The van der Waals surface area contributed by atoms with E-state index in [0.29, 0.717) is 5.88 Å². The molecule has 3 aromatic carbocycles. The first-order chi connectivity index (χ1) is 9.90. The highest BCUT2D eigenvalue weighted by molar-refractivity contribution is 6.19. The van der Waals surface area contributed by atoms with Crippen LogP contribution in [0.5, 0.6) is 0 Å². The van der Waals surface area contributed by atoms with E-state index in [0.717, 1.165) is 0 Å². The van der Waals surface area contributed by atoms with Gasteiger partial charge in [-0.05, 0) is 27.5 Å². The summed E-state index contributed by atoms with van der Waals surface area (Å²) in [7, 11) is 0. The summed E-state index contributed by atoms with van der Waals surface area (Å²) < 4.78 is 0. The van der Waals surface area contributed by atoms with Crippen LogP contribution in [0.25, 0.3) is 28.0 Å². The van der Waals surface area contributed by atoms with Crippen LogP contribution in [-0.2, 0) is 0 Å². The van der Waals surface area contributed by atoms with E-state index in [2.05, 4.69) is 66.7 Å². The lowest BCUT2D eigenvalue weighted by Gasteiger charge is -2.09. The first-order valence-electron chi connectivity index (χ1n) is 6.70. The van der Waals surface area contributed by atoms with Gasteiger partial charge < -0.3 is 0 Å². The van der Waals surface area contributed by atoms with Crippen LogP contribution in [0, 0.1) is 0 Å². The Morgan fingerprint density at radius 3 is 2.20 bits per heavy atom. The van der Waals surface area contributed by atoms with E-state index < -0.39 is 0 Å². The van der Waals surface area contributed by atoms with E-state index in [-0.39, 0.29) is 0 Å². The molecule has 0 aliphatic heterocycles. The van der Waals surface area contributed by atoms with Gasteiger partial charge in [0.1, 0.15) is 0 Å². The molecule has 0 saturated carbocycles. The van der Waals surface area contributed by atoms with Gasteiger partial charge in [0.2, 0.25) is 0 Å². The zero-order valence-electron chi connectivity index (χ0n) is 11.1. The van der Waals surface area contributed by atoms with Crippen molar-refractivity contribution in [2.24, 2.45) is 0 Å². The molecule has 0 heterocycles. The largest absolute Gasteiger partial charge is 0.122 e. The quantitative estimate of drug-likeness (QED) is 0.534. The average Bonchev–Trinajstić information content (AvgIpc) is 2.53. The third-order valence-electron chi connectivity index (χ3n) is 3.43. The number of hydrogen-bond acceptors (Lipinski definition) is 0. The van der Waals surface area contributed by atoms with Crippen LogP contribution in [0.1, 0.15) is 5.56 Å². The fraction of sp³-hybridized carbons (Fsp3) is 0.0526. The van der Waals surface area contributed by atoms with Gasteiger partial charge in [-0.3, -0.25) is 0 Å². The number of allylic oxidation sites excluding steroid dienone is 1. The standard InChI is InChI=1S/C19H15Cl/c20-14-6-9-16-12-13-18(15-7-2-1-3-8-15)19-11-5-4-10-17(16)19/h1-13H,14H2/b9-6+. The third kappa shape index (κ3) is 2.48. The number of alkyl halides is 1. The Labute approximate surface area is 124 Å². The molecule has 3 aromatic rings. The van der Waals surface area contributed by atoms with Crippen LogP contribution in [0.15, 0.2) is 72.8 Å². The number of fused-ring (bicyclic) bond motifs is 1. The molecular weight excluding hydrogens is 264 g/mol. The molecule has 0 radical (unpaired) electrons. The highest BCUT2D eigenvalue weighted by Gasteiger charge is 2.05. The second-order valence-corrected chi connectivity index (χ2v) is 4.98. The highest BCUT2D eigenvalue weighted by atomic mass is 35.5. The van der Waals surface area contributed by atoms with Gasteiger partial charge in [-0.1, -0.05) is 78.9 Å². The van der Waals surface area contributed by atoms with Gasteiger partial charge >= 0.3 is 0 Å². The summed E-state index contributed by atoms with van der Waals surface area (Å²) in [6.07, 6.45) is 4.07. The van der Waals surface area contributed by atoms with Crippen LogP contribution in [0.4, 0.5) is 0 Å². The van der Waals surface area contributed by atoms with Crippen molar-refractivity contribution in [2.45, 2.75) is 0 Å². The van der Waals surface area contributed by atoms with Crippen molar-refractivity contribution >= 4 is 28.4 Å². The van der Waals surface area contributed by atoms with Crippen molar-refractivity contribution in [3.63, 3.8) is 0 Å². The molecule has 0 N–H and O–H groups in total. The number of rotatable bonds is 3. The molecule has 0 aliphatic carbocycles. The summed E-state index contributed by atoms with van der Waals surface area (Å²) in [4.78, 5) is 0. The van der Waals surface area contributed by atoms with Gasteiger partial charge in [-0.2, -0.15) is 0 Å². The zero-order valence-corrected chi connectivity index (χ0v) is 11.8. The van der Waals surface area contributed by atoms with Crippen molar-refractivity contribution in [1.82, 2.24) is 0 Å². The summed E-state index contributed by atoms with van der Waals surface area (Å²) >= 11 is 5.74. The molecule has 98 valence electrons. The van der Waals surface area contributed by atoms with Crippen molar-refractivity contribution in [2.75, 3.05) is 5.88 Å². The van der Waals surface area contributed by atoms with Gasteiger partial charge in [0.25, 0.3) is 0 Å². The highest BCUT2D eigenvalue weighted by Crippen LogP contribution is 2.31. The van der Waals surface area contributed by atoms with Crippen molar-refractivity contribution in [3.05, 3.63) is 78.4 Å². The second kappa shape index (κ2) is 5.94. The molecule has 0 amide bonds. The van der Waals surface area contributed by atoms with Crippen LogP contribution >= 0.6 is 11.6 Å². The monoisotopic (exact) mass is 278 g/mol. The van der Waals surface area contributed by atoms with E-state index >= 15 is 0 Å². The Balaban J connectivity index is 2.24. The number of halogens is 1. The Morgan fingerprint density at radius 1 is 0.750 bits per heavy atom. The molecule has 0 fully saturated rings. The molecular formula is C19H15Cl. The Hall–Kier alpha value is -2.05. The number of benzene rings is 3. The van der Waals surface area contributed by atoms with Crippen LogP contribution < -0.4 is 0 Å². The predicted octanol–water partition coefficient (Wildman–Crippen LogP) is 5.76. The van der Waals surface area contributed by atoms with Gasteiger partial charge in [0, 0.05) is 5.88 Å². The van der Waals surface area contributed by atoms with E-state index in [1.807, 2.05) is 12.1 Å². The fourth-order valence-electron chi connectivity index (χ4n) is 2.51.